The molecule has 0 saturated heterocycles. The van der Waals surface area contributed by atoms with E-state index >= 15 is 0 Å². The van der Waals surface area contributed by atoms with Crippen LogP contribution in [0.15, 0.2) is 12.2 Å². The predicted molar refractivity (Wildman–Crippen MR) is 57.1 cm³/mol. The van der Waals surface area contributed by atoms with Gasteiger partial charge >= 0.3 is 0 Å². The van der Waals surface area contributed by atoms with Gasteiger partial charge in [-0.25, -0.2) is 0 Å². The predicted octanol–water partition coefficient (Wildman–Crippen LogP) is 4.13. The van der Waals surface area contributed by atoms with Crippen LogP contribution in [-0.2, 0) is 0 Å². The molecule has 0 amide bonds. The van der Waals surface area contributed by atoms with Gasteiger partial charge in [-0.2, -0.15) is 0 Å². The largest absolute Gasteiger partial charge is 0.0999 e. The summed E-state index contributed by atoms with van der Waals surface area (Å²) in [6, 6.07) is 0. The SMILES string of the molecule is C=C(C)C(C)C(C)C(C)C(C)C. The molecule has 0 N–H and O–H groups in total. The van der Waals surface area contributed by atoms with Gasteiger partial charge in [0, 0.05) is 0 Å². The molecule has 0 radical (unpaired) electrons. The van der Waals surface area contributed by atoms with Crippen molar-refractivity contribution in [2.45, 2.75) is 41.5 Å². The van der Waals surface area contributed by atoms with Crippen molar-refractivity contribution in [3.05, 3.63) is 12.2 Å². The van der Waals surface area contributed by atoms with Crippen LogP contribution < -0.4 is 0 Å². The van der Waals surface area contributed by atoms with Crippen LogP contribution in [0.25, 0.3) is 0 Å². The average molecular weight is 168 g/mol. The standard InChI is InChI=1S/C12H24/c1-8(2)10(5)12(7)11(6)9(3)4/h9-12H,1H2,2-7H3. The molecule has 0 heterocycles. The summed E-state index contributed by atoms with van der Waals surface area (Å²) >= 11 is 0. The van der Waals surface area contributed by atoms with Gasteiger partial charge in [-0.3, -0.25) is 0 Å². The Bertz CT molecular complexity index is 144. The van der Waals surface area contributed by atoms with Gasteiger partial charge in [0.05, 0.1) is 0 Å². The highest BCUT2D eigenvalue weighted by Crippen LogP contribution is 2.29. The Labute approximate surface area is 78.1 Å². The van der Waals surface area contributed by atoms with E-state index in [9.17, 15) is 0 Å². The minimum absolute atomic E-state index is 0.655. The van der Waals surface area contributed by atoms with E-state index in [1.807, 2.05) is 0 Å². The van der Waals surface area contributed by atoms with E-state index in [1.165, 1.54) is 5.57 Å². The normalized spacial score (nSPS) is 18.9. The maximum absolute atomic E-state index is 4.02. The van der Waals surface area contributed by atoms with E-state index in [1.54, 1.807) is 0 Å². The molecule has 0 aromatic heterocycles. The van der Waals surface area contributed by atoms with Gasteiger partial charge < -0.3 is 0 Å². The second kappa shape index (κ2) is 4.69. The molecule has 12 heavy (non-hydrogen) atoms. The van der Waals surface area contributed by atoms with E-state index in [4.69, 9.17) is 0 Å². The highest BCUT2D eigenvalue weighted by molar-refractivity contribution is 4.96. The van der Waals surface area contributed by atoms with Crippen LogP contribution in [0.1, 0.15) is 41.5 Å². The fraction of sp³-hybridized carbons (Fsp3) is 0.833. The average Bonchev–Trinajstić information content (AvgIpc) is 2.00. The van der Waals surface area contributed by atoms with E-state index in [2.05, 4.69) is 48.1 Å². The minimum atomic E-state index is 0.655. The second-order valence-corrected chi connectivity index (χ2v) is 4.60. The van der Waals surface area contributed by atoms with Crippen LogP contribution in [0.4, 0.5) is 0 Å². The van der Waals surface area contributed by atoms with Crippen molar-refractivity contribution in [2.24, 2.45) is 23.7 Å². The molecule has 0 spiro atoms. The van der Waals surface area contributed by atoms with Crippen molar-refractivity contribution < 1.29 is 0 Å². The number of rotatable bonds is 4. The van der Waals surface area contributed by atoms with Gasteiger partial charge in [0.25, 0.3) is 0 Å². The summed E-state index contributed by atoms with van der Waals surface area (Å²) < 4.78 is 0. The number of allylic oxidation sites excluding steroid dienone is 1. The first-order valence-electron chi connectivity index (χ1n) is 5.03. The molecule has 3 atom stereocenters. The summed E-state index contributed by atoms with van der Waals surface area (Å²) in [5, 5.41) is 0. The molecule has 0 aromatic rings. The van der Waals surface area contributed by atoms with E-state index in [-0.39, 0.29) is 0 Å². The quantitative estimate of drug-likeness (QED) is 0.554. The van der Waals surface area contributed by atoms with Gasteiger partial charge in [-0.15, -0.1) is 0 Å². The van der Waals surface area contributed by atoms with Gasteiger partial charge in [0.2, 0.25) is 0 Å². The highest BCUT2D eigenvalue weighted by atomic mass is 14.3. The molecule has 0 fully saturated rings. The van der Waals surface area contributed by atoms with Crippen LogP contribution in [0.5, 0.6) is 0 Å². The Balaban J connectivity index is 4.18. The number of hydrogen-bond donors (Lipinski definition) is 0. The summed E-state index contributed by atoms with van der Waals surface area (Å²) in [5.41, 5.74) is 1.31. The van der Waals surface area contributed by atoms with E-state index in [0.29, 0.717) is 5.92 Å². The lowest BCUT2D eigenvalue weighted by atomic mass is 9.77. The molecular weight excluding hydrogens is 144 g/mol. The summed E-state index contributed by atoms with van der Waals surface area (Å²) in [5.74, 6) is 2.98. The molecule has 0 saturated carbocycles. The number of hydrogen-bond acceptors (Lipinski definition) is 0. The zero-order valence-electron chi connectivity index (χ0n) is 9.52. The molecule has 0 aromatic carbocycles. The van der Waals surface area contributed by atoms with Crippen molar-refractivity contribution in [1.29, 1.82) is 0 Å². The third-order valence-corrected chi connectivity index (χ3v) is 3.45. The Kier molecular flexibility index (Phi) is 4.59. The topological polar surface area (TPSA) is 0 Å². The Morgan fingerprint density at radius 3 is 1.58 bits per heavy atom. The second-order valence-electron chi connectivity index (χ2n) is 4.60. The first-order valence-corrected chi connectivity index (χ1v) is 5.03. The zero-order chi connectivity index (χ0) is 9.89. The summed E-state index contributed by atoms with van der Waals surface area (Å²) in [6.07, 6.45) is 0. The Morgan fingerprint density at radius 1 is 0.917 bits per heavy atom. The molecular formula is C12H24. The fourth-order valence-corrected chi connectivity index (χ4v) is 1.51. The zero-order valence-corrected chi connectivity index (χ0v) is 9.52. The maximum atomic E-state index is 4.02. The molecule has 72 valence electrons. The van der Waals surface area contributed by atoms with Crippen molar-refractivity contribution in [2.75, 3.05) is 0 Å². The van der Waals surface area contributed by atoms with Gasteiger partial charge in [0.15, 0.2) is 0 Å². The van der Waals surface area contributed by atoms with Crippen LogP contribution in [-0.4, -0.2) is 0 Å². The lowest BCUT2D eigenvalue weighted by Crippen LogP contribution is -2.21. The van der Waals surface area contributed by atoms with Crippen molar-refractivity contribution in [1.82, 2.24) is 0 Å². The van der Waals surface area contributed by atoms with Crippen LogP contribution in [0, 0.1) is 23.7 Å². The summed E-state index contributed by atoms with van der Waals surface area (Å²) in [4.78, 5) is 0. The van der Waals surface area contributed by atoms with Crippen LogP contribution >= 0.6 is 0 Å². The summed E-state index contributed by atoms with van der Waals surface area (Å²) in [7, 11) is 0. The Hall–Kier alpha value is -0.260. The molecule has 0 heteroatoms. The third-order valence-electron chi connectivity index (χ3n) is 3.45. The molecule has 0 aliphatic rings. The maximum Gasteiger partial charge on any atom is -0.0209 e. The molecule has 0 nitrogen and oxygen atoms in total. The van der Waals surface area contributed by atoms with Crippen molar-refractivity contribution >= 4 is 0 Å². The van der Waals surface area contributed by atoms with Crippen molar-refractivity contribution in [3.8, 4) is 0 Å². The third kappa shape index (κ3) is 3.00. The van der Waals surface area contributed by atoms with Gasteiger partial charge in [-0.05, 0) is 30.6 Å². The molecule has 3 unspecified atom stereocenters. The lowest BCUT2D eigenvalue weighted by Gasteiger charge is -2.29. The highest BCUT2D eigenvalue weighted by Gasteiger charge is 2.21. The first kappa shape index (κ1) is 11.7. The van der Waals surface area contributed by atoms with E-state index < -0.39 is 0 Å². The van der Waals surface area contributed by atoms with Crippen molar-refractivity contribution in [3.63, 3.8) is 0 Å². The Morgan fingerprint density at radius 2 is 1.33 bits per heavy atom. The molecule has 0 rings (SSSR count). The summed E-state index contributed by atoms with van der Waals surface area (Å²) in [6.45, 7) is 17.7. The lowest BCUT2D eigenvalue weighted by molar-refractivity contribution is 0.244. The van der Waals surface area contributed by atoms with E-state index in [0.717, 1.165) is 17.8 Å². The minimum Gasteiger partial charge on any atom is -0.0999 e. The van der Waals surface area contributed by atoms with Crippen LogP contribution in [0.3, 0.4) is 0 Å². The van der Waals surface area contributed by atoms with Gasteiger partial charge in [0.1, 0.15) is 0 Å². The fourth-order valence-electron chi connectivity index (χ4n) is 1.51. The van der Waals surface area contributed by atoms with Crippen LogP contribution in [0.2, 0.25) is 0 Å². The first-order chi connectivity index (χ1) is 5.37. The van der Waals surface area contributed by atoms with Gasteiger partial charge in [-0.1, -0.05) is 46.8 Å². The molecule has 0 aliphatic heterocycles. The monoisotopic (exact) mass is 168 g/mol. The molecule has 0 bridgehead atoms. The molecule has 0 aliphatic carbocycles. The smallest absolute Gasteiger partial charge is 0.0209 e.